The van der Waals surface area contributed by atoms with Gasteiger partial charge >= 0.3 is 51.4 Å². The summed E-state index contributed by atoms with van der Waals surface area (Å²) in [4.78, 5) is 0. The second-order valence-corrected chi connectivity index (χ2v) is 0.692. The van der Waals surface area contributed by atoms with Gasteiger partial charge < -0.3 is 1.43 Å². The third-order valence-electron chi connectivity index (χ3n) is 0. The molecule has 2 N–H and O–H groups in total. The van der Waals surface area contributed by atoms with Crippen molar-refractivity contribution < 1.29 is 88.5 Å². The molecule has 0 aromatic carbocycles. The number of rotatable bonds is 0. The van der Waals surface area contributed by atoms with Crippen LogP contribution in [0.3, 0.4) is 0 Å². The summed E-state index contributed by atoms with van der Waals surface area (Å²) in [5, 5.41) is 0. The van der Waals surface area contributed by atoms with Crippen LogP contribution in [0, 0.1) is 0 Å². The van der Waals surface area contributed by atoms with Gasteiger partial charge in [0.1, 0.15) is 0 Å². The maximum atomic E-state index is 8.67. The molecule has 0 saturated heterocycles. The molecule has 0 rings (SSSR count). The van der Waals surface area contributed by atoms with Gasteiger partial charge in [0.25, 0.3) is 11.4 Å². The van der Waals surface area contributed by atoms with Crippen LogP contribution in [0.5, 0.6) is 0 Å². The van der Waals surface area contributed by atoms with E-state index < -0.39 is 11.4 Å². The van der Waals surface area contributed by atoms with Crippen molar-refractivity contribution in [1.82, 2.24) is 0 Å². The first kappa shape index (κ1) is 15.8. The Morgan fingerprint density at radius 3 is 1.50 bits per heavy atom. The third kappa shape index (κ3) is 31.9. The van der Waals surface area contributed by atoms with Crippen LogP contribution in [-0.4, -0.2) is 13.3 Å². The summed E-state index contributed by atoms with van der Waals surface area (Å²) < 4.78 is 22.8. The van der Waals surface area contributed by atoms with Crippen molar-refractivity contribution in [2.45, 2.75) is 0 Å². The molecule has 0 aromatic rings. The molecule has 3 nitrogen and oxygen atoms in total. The second kappa shape index (κ2) is 10.4. The standard InChI is InChI=1S/Au.K.H2O3S.H/c;;1-4(2)3;/h;;(H2,1,2,3);/q;+1;;-1. The Hall–Kier alpha value is 2.45. The molecule has 0 aliphatic rings. The molecule has 0 aliphatic heterocycles. The molecule has 0 amide bonds. The molecule has 0 unspecified atom stereocenters. The van der Waals surface area contributed by atoms with E-state index in [0.29, 0.717) is 0 Å². The Morgan fingerprint density at radius 2 is 1.50 bits per heavy atom. The predicted octanol–water partition coefficient (Wildman–Crippen LogP) is -3.20. The van der Waals surface area contributed by atoms with Gasteiger partial charge in [-0.15, -0.1) is 0 Å². The van der Waals surface area contributed by atoms with Crippen LogP contribution in [-0.2, 0) is 33.7 Å². The van der Waals surface area contributed by atoms with Crippen molar-refractivity contribution in [1.29, 1.82) is 0 Å². The summed E-state index contributed by atoms with van der Waals surface area (Å²) in [5.74, 6) is 0. The van der Waals surface area contributed by atoms with E-state index in [0.717, 1.165) is 0 Å². The van der Waals surface area contributed by atoms with E-state index in [4.69, 9.17) is 13.3 Å². The van der Waals surface area contributed by atoms with Crippen LogP contribution in [0.1, 0.15) is 1.43 Å². The summed E-state index contributed by atoms with van der Waals surface area (Å²) in [6, 6.07) is 0. The van der Waals surface area contributed by atoms with Gasteiger partial charge in [-0.25, -0.2) is 0 Å². The SMILES string of the molecule is O=S(O)O.[Au].[H-].[K+]. The first-order valence-corrected chi connectivity index (χ1v) is 1.60. The van der Waals surface area contributed by atoms with E-state index in [2.05, 4.69) is 0 Å². The van der Waals surface area contributed by atoms with Crippen molar-refractivity contribution in [2.24, 2.45) is 0 Å². The average molecular weight is 319 g/mol. The smallest absolute Gasteiger partial charge is 1.00 e. The Morgan fingerprint density at radius 1 is 1.50 bits per heavy atom. The molecule has 0 bridgehead atoms. The summed E-state index contributed by atoms with van der Waals surface area (Å²) in [6.45, 7) is 0. The van der Waals surface area contributed by atoms with Crippen molar-refractivity contribution >= 4 is 11.4 Å². The van der Waals surface area contributed by atoms with Crippen molar-refractivity contribution in [2.75, 3.05) is 0 Å². The predicted molar refractivity (Wildman–Crippen MR) is 14.5 cm³/mol. The Labute approximate surface area is 97.8 Å². The fourth-order valence-corrected chi connectivity index (χ4v) is 0. The summed E-state index contributed by atoms with van der Waals surface area (Å²) >= 11 is -2.61. The van der Waals surface area contributed by atoms with Gasteiger partial charge in [-0.3, -0.25) is 9.11 Å². The Bertz CT molecular complexity index is 37.9. The molecule has 1 radical (unpaired) electrons. The van der Waals surface area contributed by atoms with Gasteiger partial charge in [-0.1, -0.05) is 0 Å². The Balaban J connectivity index is -0.0000000150. The van der Waals surface area contributed by atoms with Gasteiger partial charge in [-0.05, 0) is 0 Å². The van der Waals surface area contributed by atoms with Crippen molar-refractivity contribution in [3.05, 3.63) is 0 Å². The van der Waals surface area contributed by atoms with Crippen molar-refractivity contribution in [3.63, 3.8) is 0 Å². The first-order chi connectivity index (χ1) is 1.73. The molecule has 0 saturated carbocycles. The van der Waals surface area contributed by atoms with Crippen LogP contribution in [0.15, 0.2) is 0 Å². The van der Waals surface area contributed by atoms with E-state index >= 15 is 0 Å². The maximum absolute atomic E-state index is 8.67. The number of hydrogen-bond donors (Lipinski definition) is 2. The first-order valence-electron chi connectivity index (χ1n) is 0.532. The molecule has 0 spiro atoms. The molecular weight excluding hydrogens is 316 g/mol. The van der Waals surface area contributed by atoms with Crippen LogP contribution in [0.2, 0.25) is 0 Å². The van der Waals surface area contributed by atoms with Crippen LogP contribution in [0.25, 0.3) is 0 Å². The zero-order valence-corrected chi connectivity index (χ0v) is 9.12. The number of hydrogen-bond acceptors (Lipinski definition) is 1. The topological polar surface area (TPSA) is 57.5 Å². The van der Waals surface area contributed by atoms with Gasteiger partial charge in [-0.2, -0.15) is 4.21 Å². The molecule has 0 fully saturated rings. The van der Waals surface area contributed by atoms with E-state index in [1.54, 1.807) is 0 Å². The second-order valence-electron chi connectivity index (χ2n) is 0.231. The normalized spacial score (nSPS) is 5.83. The minimum absolute atomic E-state index is 0. The molecule has 6 heteroatoms. The zero-order valence-electron chi connectivity index (χ0n) is 4.01. The van der Waals surface area contributed by atoms with E-state index in [1.165, 1.54) is 0 Å². The quantitative estimate of drug-likeness (QED) is 0.365. The fraction of sp³-hybridized carbons (Fsp3) is 0. The molecule has 0 aromatic heterocycles. The van der Waals surface area contributed by atoms with E-state index in [-0.39, 0.29) is 75.2 Å². The molecular formula is H3AuKO3S. The summed E-state index contributed by atoms with van der Waals surface area (Å²) in [7, 11) is 0. The third-order valence-corrected chi connectivity index (χ3v) is 0. The average Bonchev–Trinajstić information content (AvgIpc) is 0.811. The summed E-state index contributed by atoms with van der Waals surface area (Å²) in [5.41, 5.74) is 0. The summed E-state index contributed by atoms with van der Waals surface area (Å²) in [6.07, 6.45) is 0. The van der Waals surface area contributed by atoms with Gasteiger partial charge in [0.05, 0.1) is 0 Å². The van der Waals surface area contributed by atoms with Gasteiger partial charge in [0.2, 0.25) is 0 Å². The van der Waals surface area contributed by atoms with E-state index in [1.807, 2.05) is 0 Å². The molecule has 0 heterocycles. The zero-order chi connectivity index (χ0) is 3.58. The fourth-order valence-electron chi connectivity index (χ4n) is 0. The molecule has 0 atom stereocenters. The largest absolute Gasteiger partial charge is 1.00 e. The molecule has 39 valence electrons. The van der Waals surface area contributed by atoms with Gasteiger partial charge in [0, 0.05) is 22.4 Å². The molecule has 6 heavy (non-hydrogen) atoms. The van der Waals surface area contributed by atoms with Crippen LogP contribution >= 0.6 is 0 Å². The van der Waals surface area contributed by atoms with Crippen LogP contribution in [0.4, 0.5) is 0 Å². The minimum Gasteiger partial charge on any atom is -1.00 e. The molecule has 0 aliphatic carbocycles. The van der Waals surface area contributed by atoms with Crippen molar-refractivity contribution in [3.8, 4) is 0 Å². The van der Waals surface area contributed by atoms with E-state index in [9.17, 15) is 0 Å². The maximum Gasteiger partial charge on any atom is 1.00 e. The minimum atomic E-state index is -2.61. The van der Waals surface area contributed by atoms with Gasteiger partial charge in [0.15, 0.2) is 0 Å². The monoisotopic (exact) mass is 319 g/mol. The van der Waals surface area contributed by atoms with Crippen LogP contribution < -0.4 is 51.4 Å². The Kier molecular flexibility index (Phi) is 27.5.